The number of nitrogens with one attached hydrogen (secondary N) is 1. The van der Waals surface area contributed by atoms with Crippen LogP contribution in [0.1, 0.15) is 21.7 Å². The van der Waals surface area contributed by atoms with Gasteiger partial charge in [0.2, 0.25) is 0 Å². The number of fused-ring (bicyclic) bond motifs is 1. The number of imidazole rings is 1. The summed E-state index contributed by atoms with van der Waals surface area (Å²) in [5, 5.41) is 17.8. The number of carboxylic acids is 1. The predicted molar refractivity (Wildman–Crippen MR) is 58.3 cm³/mol. The first kappa shape index (κ1) is 11.3. The Morgan fingerprint density at radius 1 is 1.59 bits per heavy atom. The van der Waals surface area contributed by atoms with Crippen LogP contribution in [-0.2, 0) is 6.42 Å². The highest BCUT2D eigenvalue weighted by molar-refractivity contribution is 5.92. The van der Waals surface area contributed by atoms with Gasteiger partial charge in [-0.15, -0.1) is 0 Å². The quantitative estimate of drug-likeness (QED) is 0.671. The van der Waals surface area contributed by atoms with E-state index < -0.39 is 5.97 Å². The van der Waals surface area contributed by atoms with E-state index in [-0.39, 0.29) is 29.9 Å². The first-order valence-electron chi connectivity index (χ1n) is 4.99. The molecule has 0 amide bonds. The number of nitrogens with zero attached hydrogens (tertiary/aromatic N) is 2. The summed E-state index contributed by atoms with van der Waals surface area (Å²) in [5.41, 5.74) is 0.571. The molecular formula is C10H11N3O4. The molecule has 0 radical (unpaired) electrons. The largest absolute Gasteiger partial charge is 0.476 e. The highest BCUT2D eigenvalue weighted by Crippen LogP contribution is 2.08. The third kappa shape index (κ3) is 1.70. The van der Waals surface area contributed by atoms with Crippen molar-refractivity contribution < 1.29 is 15.0 Å². The van der Waals surface area contributed by atoms with Crippen molar-refractivity contribution in [2.45, 2.75) is 13.3 Å². The fourth-order valence-corrected chi connectivity index (χ4v) is 1.74. The molecule has 2 heterocycles. The van der Waals surface area contributed by atoms with E-state index >= 15 is 0 Å². The molecule has 7 nitrogen and oxygen atoms in total. The zero-order valence-electron chi connectivity index (χ0n) is 9.10. The van der Waals surface area contributed by atoms with E-state index in [4.69, 9.17) is 10.2 Å². The van der Waals surface area contributed by atoms with Crippen molar-refractivity contribution >= 4 is 11.6 Å². The summed E-state index contributed by atoms with van der Waals surface area (Å²) in [6.45, 7) is 1.51. The fraction of sp³-hybridized carbons (Fsp3) is 0.300. The molecular weight excluding hydrogens is 226 g/mol. The normalized spacial score (nSPS) is 10.9. The number of carboxylic acid groups (broad SMARTS) is 1. The molecule has 0 aliphatic rings. The summed E-state index contributed by atoms with van der Waals surface area (Å²) in [7, 11) is 0. The highest BCUT2D eigenvalue weighted by Gasteiger charge is 2.16. The number of rotatable bonds is 3. The zero-order valence-corrected chi connectivity index (χ0v) is 9.10. The van der Waals surface area contributed by atoms with Gasteiger partial charge in [-0.05, 0) is 6.92 Å². The average Bonchev–Trinajstić information content (AvgIpc) is 2.68. The topological polar surface area (TPSA) is 108 Å². The lowest BCUT2D eigenvalue weighted by molar-refractivity contribution is 0.0693. The van der Waals surface area contributed by atoms with E-state index in [1.807, 2.05) is 0 Å². The van der Waals surface area contributed by atoms with Gasteiger partial charge in [-0.3, -0.25) is 9.20 Å². The van der Waals surface area contributed by atoms with Crippen LogP contribution in [0.15, 0.2) is 11.1 Å². The highest BCUT2D eigenvalue weighted by atomic mass is 16.4. The molecule has 0 saturated carbocycles. The van der Waals surface area contributed by atoms with Crippen molar-refractivity contribution in [3.05, 3.63) is 33.6 Å². The van der Waals surface area contributed by atoms with Crippen LogP contribution < -0.4 is 5.56 Å². The van der Waals surface area contributed by atoms with E-state index in [0.29, 0.717) is 11.3 Å². The number of aromatic nitrogens is 3. The number of aromatic carboxylic acids is 1. The van der Waals surface area contributed by atoms with Gasteiger partial charge in [0.1, 0.15) is 6.33 Å². The van der Waals surface area contributed by atoms with E-state index in [9.17, 15) is 9.59 Å². The second-order valence-corrected chi connectivity index (χ2v) is 3.62. The summed E-state index contributed by atoms with van der Waals surface area (Å²) >= 11 is 0. The summed E-state index contributed by atoms with van der Waals surface area (Å²) in [6, 6.07) is 0. The second-order valence-electron chi connectivity index (χ2n) is 3.62. The molecule has 0 bridgehead atoms. The Balaban J connectivity index is 2.79. The summed E-state index contributed by atoms with van der Waals surface area (Å²) < 4.78 is 1.14. The van der Waals surface area contributed by atoms with Crippen LogP contribution in [0.2, 0.25) is 0 Å². The van der Waals surface area contributed by atoms with Crippen molar-refractivity contribution in [3.63, 3.8) is 0 Å². The molecule has 3 N–H and O–H groups in total. The molecule has 2 aromatic rings. The molecule has 7 heteroatoms. The molecule has 0 spiro atoms. The molecule has 0 aromatic carbocycles. The summed E-state index contributed by atoms with van der Waals surface area (Å²) in [4.78, 5) is 29.3. The van der Waals surface area contributed by atoms with Crippen molar-refractivity contribution in [2.24, 2.45) is 0 Å². The second kappa shape index (κ2) is 4.02. The summed E-state index contributed by atoms with van der Waals surface area (Å²) in [6.07, 6.45) is 1.38. The maximum Gasteiger partial charge on any atom is 0.358 e. The molecule has 0 fully saturated rings. The van der Waals surface area contributed by atoms with Crippen LogP contribution in [-0.4, -0.2) is 37.2 Å². The van der Waals surface area contributed by atoms with Crippen LogP contribution in [0.4, 0.5) is 0 Å². The average molecular weight is 237 g/mol. The standard InChI is InChI=1S/C10H11N3O4/c1-5-6(2-3-14)9(15)13-4-11-7(10(16)17)8(13)12-5/h4,12,14H,2-3H2,1H3,(H,16,17). The first-order chi connectivity index (χ1) is 8.06. The Hall–Kier alpha value is -2.15. The monoisotopic (exact) mass is 237 g/mol. The Kier molecular flexibility index (Phi) is 2.68. The molecule has 0 aliphatic heterocycles. The van der Waals surface area contributed by atoms with Crippen LogP contribution in [0, 0.1) is 6.92 Å². The van der Waals surface area contributed by atoms with Crippen molar-refractivity contribution in [2.75, 3.05) is 6.61 Å². The van der Waals surface area contributed by atoms with Gasteiger partial charge in [0.25, 0.3) is 5.56 Å². The zero-order chi connectivity index (χ0) is 12.6. The predicted octanol–water partition coefficient (Wildman–Crippen LogP) is -0.436. The van der Waals surface area contributed by atoms with E-state index in [1.54, 1.807) is 6.92 Å². The van der Waals surface area contributed by atoms with E-state index in [1.165, 1.54) is 0 Å². The maximum atomic E-state index is 12.0. The molecule has 0 atom stereocenters. The Morgan fingerprint density at radius 3 is 2.88 bits per heavy atom. The minimum absolute atomic E-state index is 0.143. The third-order valence-corrected chi connectivity index (χ3v) is 2.57. The maximum absolute atomic E-state index is 12.0. The molecule has 17 heavy (non-hydrogen) atoms. The van der Waals surface area contributed by atoms with Gasteiger partial charge >= 0.3 is 5.97 Å². The van der Waals surface area contributed by atoms with Crippen LogP contribution in [0.5, 0.6) is 0 Å². The van der Waals surface area contributed by atoms with Crippen molar-refractivity contribution in [1.29, 1.82) is 0 Å². The van der Waals surface area contributed by atoms with Gasteiger partial charge in [0, 0.05) is 24.3 Å². The number of hydrogen-bond acceptors (Lipinski definition) is 4. The SMILES string of the molecule is Cc1[nH]c2c(C(=O)O)ncn2c(=O)c1CCO. The van der Waals surface area contributed by atoms with Crippen molar-refractivity contribution in [3.8, 4) is 0 Å². The molecule has 2 rings (SSSR count). The number of H-pyrrole nitrogens is 1. The third-order valence-electron chi connectivity index (χ3n) is 2.57. The number of hydrogen-bond donors (Lipinski definition) is 3. The molecule has 0 saturated heterocycles. The van der Waals surface area contributed by atoms with Gasteiger partial charge in [-0.1, -0.05) is 0 Å². The molecule has 0 aliphatic carbocycles. The number of aromatic amines is 1. The minimum Gasteiger partial charge on any atom is -0.476 e. The Bertz CT molecular complexity index is 641. The lowest BCUT2D eigenvalue weighted by Gasteiger charge is -2.05. The van der Waals surface area contributed by atoms with Crippen molar-refractivity contribution in [1.82, 2.24) is 14.4 Å². The number of aliphatic hydroxyl groups is 1. The minimum atomic E-state index is -1.20. The number of carbonyl (C=O) groups is 1. The van der Waals surface area contributed by atoms with Gasteiger partial charge < -0.3 is 15.2 Å². The smallest absolute Gasteiger partial charge is 0.358 e. The molecule has 2 aromatic heterocycles. The number of aliphatic hydroxyl groups excluding tert-OH is 1. The molecule has 0 unspecified atom stereocenters. The van der Waals surface area contributed by atoms with Gasteiger partial charge in [0.15, 0.2) is 11.3 Å². The number of aryl methyl sites for hydroxylation is 1. The van der Waals surface area contributed by atoms with Crippen LogP contribution >= 0.6 is 0 Å². The first-order valence-corrected chi connectivity index (χ1v) is 4.99. The van der Waals surface area contributed by atoms with E-state index in [2.05, 4.69) is 9.97 Å². The van der Waals surface area contributed by atoms with Gasteiger partial charge in [-0.25, -0.2) is 9.78 Å². The van der Waals surface area contributed by atoms with Crippen LogP contribution in [0.25, 0.3) is 5.65 Å². The lowest BCUT2D eigenvalue weighted by Crippen LogP contribution is -2.21. The van der Waals surface area contributed by atoms with Crippen LogP contribution in [0.3, 0.4) is 0 Å². The summed E-state index contributed by atoms with van der Waals surface area (Å²) in [5.74, 6) is -1.20. The van der Waals surface area contributed by atoms with Gasteiger partial charge in [-0.2, -0.15) is 0 Å². The van der Waals surface area contributed by atoms with Gasteiger partial charge in [0.05, 0.1) is 0 Å². The fourth-order valence-electron chi connectivity index (χ4n) is 1.74. The Labute approximate surface area is 95.4 Å². The Morgan fingerprint density at radius 2 is 2.29 bits per heavy atom. The van der Waals surface area contributed by atoms with E-state index in [0.717, 1.165) is 10.7 Å². The molecule has 90 valence electrons. The lowest BCUT2D eigenvalue weighted by atomic mass is 10.2.